The molecular weight excluding hydrogens is 424 g/mol. The molecule has 0 aliphatic heterocycles. The zero-order valence-corrected chi connectivity index (χ0v) is 18.2. The Labute approximate surface area is 191 Å². The quantitative estimate of drug-likeness (QED) is 0.276. The van der Waals surface area contributed by atoms with Gasteiger partial charge in [-0.25, -0.2) is 5.43 Å². The average molecular weight is 445 g/mol. The SMILES string of the molecule is Cc1ccc(-c2ccc(C=NNC(=O)COc3ccccc3-c3ccccc3)o2)cc1Cl. The molecule has 1 heterocycles. The summed E-state index contributed by atoms with van der Waals surface area (Å²) in [5.74, 6) is 1.43. The Morgan fingerprint density at radius 3 is 2.59 bits per heavy atom. The number of hydrogen-bond acceptors (Lipinski definition) is 4. The van der Waals surface area contributed by atoms with Gasteiger partial charge in [-0.2, -0.15) is 5.10 Å². The first kappa shape index (κ1) is 21.4. The number of carbonyl (C=O) groups excluding carboxylic acids is 1. The summed E-state index contributed by atoms with van der Waals surface area (Å²) in [6.45, 7) is 1.78. The number of halogens is 1. The van der Waals surface area contributed by atoms with Crippen molar-refractivity contribution in [2.75, 3.05) is 6.61 Å². The van der Waals surface area contributed by atoms with Crippen LogP contribution in [0.4, 0.5) is 0 Å². The van der Waals surface area contributed by atoms with E-state index in [0.29, 0.717) is 22.3 Å². The van der Waals surface area contributed by atoms with Crippen LogP contribution in [0, 0.1) is 6.92 Å². The van der Waals surface area contributed by atoms with Crippen molar-refractivity contribution in [3.63, 3.8) is 0 Å². The molecule has 0 bridgehead atoms. The van der Waals surface area contributed by atoms with Crippen LogP contribution in [0.3, 0.4) is 0 Å². The lowest BCUT2D eigenvalue weighted by atomic mass is 10.1. The Morgan fingerprint density at radius 2 is 1.78 bits per heavy atom. The van der Waals surface area contributed by atoms with Crippen molar-refractivity contribution in [1.82, 2.24) is 5.43 Å². The molecule has 1 amide bonds. The van der Waals surface area contributed by atoms with Crippen molar-refractivity contribution in [2.24, 2.45) is 5.10 Å². The van der Waals surface area contributed by atoms with Crippen molar-refractivity contribution >= 4 is 23.7 Å². The second-order valence-electron chi connectivity index (χ2n) is 7.11. The molecule has 1 aromatic heterocycles. The maximum Gasteiger partial charge on any atom is 0.277 e. The highest BCUT2D eigenvalue weighted by molar-refractivity contribution is 6.31. The van der Waals surface area contributed by atoms with E-state index >= 15 is 0 Å². The fraction of sp³-hybridized carbons (Fsp3) is 0.0769. The lowest BCUT2D eigenvalue weighted by Gasteiger charge is -2.10. The number of ether oxygens (including phenoxy) is 1. The summed E-state index contributed by atoms with van der Waals surface area (Å²) in [6.07, 6.45) is 1.44. The van der Waals surface area contributed by atoms with Crippen LogP contribution in [-0.4, -0.2) is 18.7 Å². The first-order valence-electron chi connectivity index (χ1n) is 10.1. The van der Waals surface area contributed by atoms with Gasteiger partial charge in [-0.05, 0) is 42.3 Å². The standard InChI is InChI=1S/C26H21ClN2O3/c1-18-11-12-20(15-23(18)27)24-14-13-21(32-24)16-28-29-26(30)17-31-25-10-6-5-9-22(25)19-7-3-2-4-8-19/h2-16H,17H2,1H3,(H,29,30). The molecule has 6 heteroatoms. The van der Waals surface area contributed by atoms with Crippen LogP contribution >= 0.6 is 11.6 Å². The van der Waals surface area contributed by atoms with E-state index in [9.17, 15) is 4.79 Å². The van der Waals surface area contributed by atoms with E-state index in [1.807, 2.05) is 85.8 Å². The molecular formula is C26H21ClN2O3. The van der Waals surface area contributed by atoms with Crippen LogP contribution in [0.25, 0.3) is 22.5 Å². The highest BCUT2D eigenvalue weighted by Crippen LogP contribution is 2.29. The number of aryl methyl sites for hydroxylation is 1. The summed E-state index contributed by atoms with van der Waals surface area (Å²) in [5.41, 5.74) is 6.26. The number of carbonyl (C=O) groups is 1. The molecule has 1 N–H and O–H groups in total. The minimum absolute atomic E-state index is 0.160. The monoisotopic (exact) mass is 444 g/mol. The number of rotatable bonds is 7. The number of amides is 1. The Kier molecular flexibility index (Phi) is 6.68. The largest absolute Gasteiger partial charge is 0.483 e. The number of hydrogen-bond donors (Lipinski definition) is 1. The second-order valence-corrected chi connectivity index (χ2v) is 7.52. The minimum Gasteiger partial charge on any atom is -0.483 e. The fourth-order valence-corrected chi connectivity index (χ4v) is 3.30. The minimum atomic E-state index is -0.374. The van der Waals surface area contributed by atoms with Gasteiger partial charge in [-0.3, -0.25) is 4.79 Å². The third kappa shape index (κ3) is 5.25. The molecule has 160 valence electrons. The molecule has 4 aromatic rings. The van der Waals surface area contributed by atoms with Crippen molar-refractivity contribution in [3.05, 3.63) is 101 Å². The molecule has 0 atom stereocenters. The van der Waals surface area contributed by atoms with Gasteiger partial charge in [0, 0.05) is 16.1 Å². The average Bonchev–Trinajstić information content (AvgIpc) is 3.29. The lowest BCUT2D eigenvalue weighted by molar-refractivity contribution is -0.123. The number of nitrogens with zero attached hydrogens (tertiary/aromatic N) is 1. The van der Waals surface area contributed by atoms with E-state index in [4.69, 9.17) is 20.8 Å². The van der Waals surface area contributed by atoms with Gasteiger partial charge in [0.15, 0.2) is 6.61 Å². The Hall–Kier alpha value is -3.83. The van der Waals surface area contributed by atoms with E-state index in [-0.39, 0.29) is 12.5 Å². The molecule has 0 aliphatic rings. The van der Waals surface area contributed by atoms with E-state index < -0.39 is 0 Å². The molecule has 0 unspecified atom stereocenters. The summed E-state index contributed by atoms with van der Waals surface area (Å²) >= 11 is 6.18. The summed E-state index contributed by atoms with van der Waals surface area (Å²) in [5, 5.41) is 4.62. The van der Waals surface area contributed by atoms with Crippen LogP contribution < -0.4 is 10.2 Å². The molecule has 0 spiro atoms. The summed E-state index contributed by atoms with van der Waals surface area (Å²) in [6, 6.07) is 26.8. The van der Waals surface area contributed by atoms with Crippen molar-refractivity contribution in [2.45, 2.75) is 6.92 Å². The van der Waals surface area contributed by atoms with Crippen LogP contribution in [0.5, 0.6) is 5.75 Å². The van der Waals surface area contributed by atoms with Crippen molar-refractivity contribution in [1.29, 1.82) is 0 Å². The van der Waals surface area contributed by atoms with E-state index in [2.05, 4.69) is 10.5 Å². The number of furan rings is 1. The Bertz CT molecular complexity index is 1250. The van der Waals surface area contributed by atoms with Gasteiger partial charge in [0.1, 0.15) is 17.3 Å². The highest BCUT2D eigenvalue weighted by atomic mass is 35.5. The molecule has 0 aliphatic carbocycles. The lowest BCUT2D eigenvalue weighted by Crippen LogP contribution is -2.24. The van der Waals surface area contributed by atoms with Gasteiger partial charge in [-0.1, -0.05) is 72.3 Å². The van der Waals surface area contributed by atoms with Crippen molar-refractivity contribution < 1.29 is 13.9 Å². The number of hydrazone groups is 1. The third-order valence-corrected chi connectivity index (χ3v) is 5.20. The molecule has 32 heavy (non-hydrogen) atoms. The maximum atomic E-state index is 12.2. The Morgan fingerprint density at radius 1 is 1.00 bits per heavy atom. The zero-order chi connectivity index (χ0) is 22.3. The maximum absolute atomic E-state index is 12.2. The number of para-hydroxylation sites is 1. The summed E-state index contributed by atoms with van der Waals surface area (Å²) < 4.78 is 11.5. The van der Waals surface area contributed by atoms with Gasteiger partial charge < -0.3 is 9.15 Å². The highest BCUT2D eigenvalue weighted by Gasteiger charge is 2.08. The molecule has 0 saturated carbocycles. The van der Waals surface area contributed by atoms with Crippen LogP contribution in [0.1, 0.15) is 11.3 Å². The first-order valence-corrected chi connectivity index (χ1v) is 10.4. The summed E-state index contributed by atoms with van der Waals surface area (Å²) in [4.78, 5) is 12.2. The van der Waals surface area contributed by atoms with Gasteiger partial charge in [0.2, 0.25) is 0 Å². The predicted octanol–water partition coefficient (Wildman–Crippen LogP) is 6.10. The fourth-order valence-electron chi connectivity index (χ4n) is 3.12. The van der Waals surface area contributed by atoms with Gasteiger partial charge in [0.25, 0.3) is 5.91 Å². The molecule has 3 aromatic carbocycles. The van der Waals surface area contributed by atoms with Crippen molar-refractivity contribution in [3.8, 4) is 28.2 Å². The van der Waals surface area contributed by atoms with Gasteiger partial charge >= 0.3 is 0 Å². The van der Waals surface area contributed by atoms with Crippen LogP contribution in [0.15, 0.2) is 94.4 Å². The van der Waals surface area contributed by atoms with E-state index in [1.54, 1.807) is 6.07 Å². The van der Waals surface area contributed by atoms with Crippen LogP contribution in [0.2, 0.25) is 5.02 Å². The smallest absolute Gasteiger partial charge is 0.277 e. The molecule has 4 rings (SSSR count). The van der Waals surface area contributed by atoms with Crippen LogP contribution in [-0.2, 0) is 4.79 Å². The topological polar surface area (TPSA) is 63.8 Å². The summed E-state index contributed by atoms with van der Waals surface area (Å²) in [7, 11) is 0. The molecule has 0 radical (unpaired) electrons. The van der Waals surface area contributed by atoms with E-state index in [1.165, 1.54) is 6.21 Å². The molecule has 5 nitrogen and oxygen atoms in total. The Balaban J connectivity index is 1.33. The third-order valence-electron chi connectivity index (χ3n) is 4.79. The molecule has 0 fully saturated rings. The first-order chi connectivity index (χ1) is 15.6. The van der Waals surface area contributed by atoms with Gasteiger partial charge in [0.05, 0.1) is 6.21 Å². The van der Waals surface area contributed by atoms with E-state index in [0.717, 1.165) is 22.3 Å². The normalized spacial score (nSPS) is 10.9. The number of benzene rings is 3. The number of nitrogens with one attached hydrogen (secondary N) is 1. The second kappa shape index (κ2) is 9.98. The zero-order valence-electron chi connectivity index (χ0n) is 17.4. The predicted molar refractivity (Wildman–Crippen MR) is 127 cm³/mol. The van der Waals surface area contributed by atoms with Gasteiger partial charge in [-0.15, -0.1) is 0 Å². The molecule has 0 saturated heterocycles.